The number of piperidine rings is 1. The first-order valence-corrected chi connectivity index (χ1v) is 11.6. The summed E-state index contributed by atoms with van der Waals surface area (Å²) in [5.74, 6) is -1.13. The Bertz CT molecular complexity index is 912. The Morgan fingerprint density at radius 3 is 2.17 bits per heavy atom. The molecule has 0 aromatic heterocycles. The molecule has 12 heteroatoms. The van der Waals surface area contributed by atoms with E-state index in [0.29, 0.717) is 50.3 Å². The molecule has 1 aromatic carbocycles. The molecule has 1 saturated heterocycles. The van der Waals surface area contributed by atoms with Gasteiger partial charge in [-0.3, -0.25) is 14.9 Å². The minimum absolute atomic E-state index is 0.104. The fraction of sp³-hybridized carbons (Fsp3) is 0.542. The Morgan fingerprint density at radius 1 is 0.972 bits per heavy atom. The third-order valence-electron chi connectivity index (χ3n) is 5.28. The Morgan fingerprint density at radius 2 is 1.56 bits per heavy atom. The molecule has 0 bridgehead atoms. The van der Waals surface area contributed by atoms with Gasteiger partial charge in [-0.2, -0.15) is 0 Å². The quantitative estimate of drug-likeness (QED) is 0.0918. The summed E-state index contributed by atoms with van der Waals surface area (Å²) in [6.45, 7) is 6.81. The molecule has 0 aliphatic carbocycles. The molecule has 0 radical (unpaired) electrons. The van der Waals surface area contributed by atoms with Crippen molar-refractivity contribution in [3.63, 3.8) is 0 Å². The summed E-state index contributed by atoms with van der Waals surface area (Å²) in [4.78, 5) is 47.8. The maximum absolute atomic E-state index is 12.3. The largest absolute Gasteiger partial charge is 0.463 e. The summed E-state index contributed by atoms with van der Waals surface area (Å²) in [5, 5.41) is 11.1. The zero-order chi connectivity index (χ0) is 26.3. The number of hydrogen-bond donors (Lipinski definition) is 0. The SMILES string of the molecule is C=C(C)C(=O)OCCOCCOCCOC(=O)C1CCN(C(=O)OCc2ccccc2[N+](=O)[O-])CC1. The molecule has 0 N–H and O–H groups in total. The number of nitro benzene ring substituents is 1. The van der Waals surface area contributed by atoms with Crippen LogP contribution in [0.1, 0.15) is 25.3 Å². The van der Waals surface area contributed by atoms with E-state index in [0.717, 1.165) is 0 Å². The molecule has 1 fully saturated rings. The van der Waals surface area contributed by atoms with Crippen molar-refractivity contribution in [1.82, 2.24) is 4.90 Å². The van der Waals surface area contributed by atoms with Gasteiger partial charge in [-0.1, -0.05) is 18.7 Å². The molecule has 0 saturated carbocycles. The second-order valence-electron chi connectivity index (χ2n) is 8.01. The van der Waals surface area contributed by atoms with Gasteiger partial charge in [-0.05, 0) is 25.8 Å². The van der Waals surface area contributed by atoms with Gasteiger partial charge < -0.3 is 28.6 Å². The Hall–Kier alpha value is -3.51. The summed E-state index contributed by atoms with van der Waals surface area (Å²) < 4.78 is 25.9. The highest BCUT2D eigenvalue weighted by molar-refractivity contribution is 5.86. The van der Waals surface area contributed by atoms with E-state index < -0.39 is 17.0 Å². The van der Waals surface area contributed by atoms with E-state index in [1.807, 2.05) is 0 Å². The minimum atomic E-state index is -0.579. The number of rotatable bonds is 14. The zero-order valence-electron chi connectivity index (χ0n) is 20.3. The number of nitro groups is 1. The van der Waals surface area contributed by atoms with Gasteiger partial charge in [0.15, 0.2) is 0 Å². The molecular weight excluding hydrogens is 476 g/mol. The predicted octanol–water partition coefficient (Wildman–Crippen LogP) is 2.64. The Kier molecular flexibility index (Phi) is 12.4. The number of carbonyl (C=O) groups is 3. The van der Waals surface area contributed by atoms with Crippen molar-refractivity contribution in [3.05, 3.63) is 52.1 Å². The highest BCUT2D eigenvalue weighted by Gasteiger charge is 2.29. The van der Waals surface area contributed by atoms with Gasteiger partial charge in [0.25, 0.3) is 5.69 Å². The van der Waals surface area contributed by atoms with Crippen LogP contribution in [-0.2, 0) is 39.9 Å². The molecule has 1 amide bonds. The van der Waals surface area contributed by atoms with Gasteiger partial charge >= 0.3 is 18.0 Å². The standard InChI is InChI=1S/C24H32N2O10/c1-18(2)22(27)34-15-13-32-11-12-33-14-16-35-23(28)19-7-9-25(10-8-19)24(29)36-17-20-5-3-4-6-21(20)26(30)31/h3-6,19H,1,7-17H2,2H3. The monoisotopic (exact) mass is 508 g/mol. The molecule has 1 heterocycles. The molecule has 36 heavy (non-hydrogen) atoms. The lowest BCUT2D eigenvalue weighted by Crippen LogP contribution is -2.41. The second kappa shape index (κ2) is 15.5. The highest BCUT2D eigenvalue weighted by atomic mass is 16.6. The molecule has 0 atom stereocenters. The van der Waals surface area contributed by atoms with Crippen LogP contribution in [0.25, 0.3) is 0 Å². The molecule has 2 rings (SSSR count). The minimum Gasteiger partial charge on any atom is -0.463 e. The fourth-order valence-corrected chi connectivity index (χ4v) is 3.30. The summed E-state index contributed by atoms with van der Waals surface area (Å²) in [5.41, 5.74) is 0.534. The normalized spacial score (nSPS) is 13.6. The van der Waals surface area contributed by atoms with E-state index in [4.69, 9.17) is 23.7 Å². The molecule has 0 spiro atoms. The van der Waals surface area contributed by atoms with Crippen LogP contribution in [0.4, 0.5) is 10.5 Å². The van der Waals surface area contributed by atoms with Crippen molar-refractivity contribution in [2.45, 2.75) is 26.4 Å². The van der Waals surface area contributed by atoms with Crippen LogP contribution < -0.4 is 0 Å². The average Bonchev–Trinajstić information content (AvgIpc) is 2.88. The van der Waals surface area contributed by atoms with Crippen LogP contribution >= 0.6 is 0 Å². The molecule has 12 nitrogen and oxygen atoms in total. The molecule has 1 aromatic rings. The topological polar surface area (TPSA) is 144 Å². The van der Waals surface area contributed by atoms with Crippen LogP contribution in [0.2, 0.25) is 0 Å². The Labute approximate surface area is 209 Å². The molecule has 198 valence electrons. The van der Waals surface area contributed by atoms with Crippen LogP contribution in [-0.4, -0.2) is 80.6 Å². The van der Waals surface area contributed by atoms with E-state index in [1.54, 1.807) is 19.1 Å². The number of esters is 2. The summed E-state index contributed by atoms with van der Waals surface area (Å²) in [6.07, 6.45) is 0.290. The number of para-hydroxylation sites is 1. The first-order valence-electron chi connectivity index (χ1n) is 11.6. The number of hydrogen-bond acceptors (Lipinski definition) is 10. The molecular formula is C24H32N2O10. The number of likely N-dealkylation sites (tertiary alicyclic amines) is 1. The van der Waals surface area contributed by atoms with E-state index in [9.17, 15) is 24.5 Å². The lowest BCUT2D eigenvalue weighted by molar-refractivity contribution is -0.385. The van der Waals surface area contributed by atoms with Crippen molar-refractivity contribution in [2.75, 3.05) is 52.7 Å². The smallest absolute Gasteiger partial charge is 0.410 e. The number of ether oxygens (including phenoxy) is 5. The maximum atomic E-state index is 12.3. The van der Waals surface area contributed by atoms with Gasteiger partial charge in [-0.25, -0.2) is 9.59 Å². The van der Waals surface area contributed by atoms with Crippen molar-refractivity contribution in [1.29, 1.82) is 0 Å². The number of benzene rings is 1. The average molecular weight is 509 g/mol. The van der Waals surface area contributed by atoms with Crippen molar-refractivity contribution >= 4 is 23.7 Å². The fourth-order valence-electron chi connectivity index (χ4n) is 3.30. The van der Waals surface area contributed by atoms with Crippen LogP contribution in [0.15, 0.2) is 36.4 Å². The second-order valence-corrected chi connectivity index (χ2v) is 8.01. The van der Waals surface area contributed by atoms with E-state index in [-0.39, 0.29) is 50.6 Å². The van der Waals surface area contributed by atoms with Gasteiger partial charge in [0, 0.05) is 24.7 Å². The number of nitrogens with zero attached hydrogens (tertiary/aromatic N) is 2. The summed E-state index contributed by atoms with van der Waals surface area (Å²) in [7, 11) is 0. The van der Waals surface area contributed by atoms with Crippen molar-refractivity contribution in [2.24, 2.45) is 5.92 Å². The van der Waals surface area contributed by atoms with Gasteiger partial charge in [0.05, 0.1) is 42.8 Å². The van der Waals surface area contributed by atoms with Crippen LogP contribution in [0.5, 0.6) is 0 Å². The van der Waals surface area contributed by atoms with Crippen LogP contribution in [0, 0.1) is 16.0 Å². The van der Waals surface area contributed by atoms with E-state index in [2.05, 4.69) is 6.58 Å². The molecule has 0 unspecified atom stereocenters. The third-order valence-corrected chi connectivity index (χ3v) is 5.28. The van der Waals surface area contributed by atoms with Crippen molar-refractivity contribution in [3.8, 4) is 0 Å². The van der Waals surface area contributed by atoms with E-state index >= 15 is 0 Å². The van der Waals surface area contributed by atoms with Gasteiger partial charge in [0.2, 0.25) is 0 Å². The predicted molar refractivity (Wildman–Crippen MR) is 126 cm³/mol. The van der Waals surface area contributed by atoms with Crippen molar-refractivity contribution < 1.29 is 43.0 Å². The third kappa shape index (κ3) is 10.0. The first kappa shape index (κ1) is 28.7. The zero-order valence-corrected chi connectivity index (χ0v) is 20.3. The first-order chi connectivity index (χ1) is 17.3. The highest BCUT2D eigenvalue weighted by Crippen LogP contribution is 2.21. The molecule has 1 aliphatic heterocycles. The van der Waals surface area contributed by atoms with Gasteiger partial charge in [-0.15, -0.1) is 0 Å². The summed E-state index contributed by atoms with van der Waals surface area (Å²) in [6, 6.07) is 6.07. The molecule has 1 aliphatic rings. The summed E-state index contributed by atoms with van der Waals surface area (Å²) >= 11 is 0. The Balaban J connectivity index is 1.53. The van der Waals surface area contributed by atoms with E-state index in [1.165, 1.54) is 17.0 Å². The number of carbonyl (C=O) groups excluding carboxylic acids is 3. The van der Waals surface area contributed by atoms with Crippen LogP contribution in [0.3, 0.4) is 0 Å². The lowest BCUT2D eigenvalue weighted by Gasteiger charge is -2.30. The maximum Gasteiger partial charge on any atom is 0.410 e. The van der Waals surface area contributed by atoms with Gasteiger partial charge in [0.1, 0.15) is 19.8 Å². The number of amides is 1. The lowest BCUT2D eigenvalue weighted by atomic mass is 9.97.